The van der Waals surface area contributed by atoms with Crippen molar-refractivity contribution < 1.29 is 18.8 Å². The summed E-state index contributed by atoms with van der Waals surface area (Å²) in [6, 6.07) is 11.8. The molecule has 0 bridgehead atoms. The van der Waals surface area contributed by atoms with Gasteiger partial charge in [-0.2, -0.15) is 0 Å². The number of aryl methyl sites for hydroxylation is 1. The molecule has 0 atom stereocenters. The van der Waals surface area contributed by atoms with Crippen LogP contribution >= 0.6 is 0 Å². The van der Waals surface area contributed by atoms with Crippen LogP contribution in [0.5, 0.6) is 0 Å². The van der Waals surface area contributed by atoms with Gasteiger partial charge in [-0.1, -0.05) is 12.1 Å². The van der Waals surface area contributed by atoms with Crippen LogP contribution in [0.1, 0.15) is 21.7 Å². The second-order valence-corrected chi connectivity index (χ2v) is 6.03. The van der Waals surface area contributed by atoms with Crippen LogP contribution < -0.4 is 10.6 Å². The average Bonchev–Trinajstić information content (AvgIpc) is 3.12. The number of nitrogens with zero attached hydrogens (tertiary/aromatic N) is 2. The minimum absolute atomic E-state index is 0.0289. The summed E-state index contributed by atoms with van der Waals surface area (Å²) in [4.78, 5) is 40.2. The number of ketones is 1. The lowest BCUT2D eigenvalue weighted by Crippen LogP contribution is -2.34. The van der Waals surface area contributed by atoms with Gasteiger partial charge in [-0.3, -0.25) is 14.4 Å². The topological polar surface area (TPSA) is 93.1 Å². The highest BCUT2D eigenvalue weighted by Crippen LogP contribution is 2.13. The zero-order valence-electron chi connectivity index (χ0n) is 15.0. The Bertz CT molecular complexity index is 1030. The summed E-state index contributed by atoms with van der Waals surface area (Å²) in [7, 11) is 1.72. The predicted molar refractivity (Wildman–Crippen MR) is 100.0 cm³/mol. The molecule has 0 saturated heterocycles. The third-order valence-corrected chi connectivity index (χ3v) is 3.98. The van der Waals surface area contributed by atoms with Gasteiger partial charge in [0.05, 0.1) is 0 Å². The monoisotopic (exact) mass is 380 g/mol. The highest BCUT2D eigenvalue weighted by Gasteiger charge is 2.16. The number of aromatic nitrogens is 2. The van der Waals surface area contributed by atoms with Crippen LogP contribution in [-0.2, 0) is 23.2 Å². The maximum absolute atomic E-state index is 13.1. The quantitative estimate of drug-likeness (QED) is 0.523. The molecule has 0 aliphatic carbocycles. The van der Waals surface area contributed by atoms with Gasteiger partial charge in [-0.15, -0.1) is 0 Å². The van der Waals surface area contributed by atoms with Crippen molar-refractivity contribution in [2.75, 3.05) is 5.32 Å². The zero-order chi connectivity index (χ0) is 20.1. The Morgan fingerprint density at radius 1 is 1.07 bits per heavy atom. The molecule has 0 fully saturated rings. The predicted octanol–water partition coefficient (Wildman–Crippen LogP) is 2.05. The van der Waals surface area contributed by atoms with E-state index >= 15 is 0 Å². The third kappa shape index (κ3) is 4.47. The van der Waals surface area contributed by atoms with E-state index in [1.165, 1.54) is 48.7 Å². The number of halogens is 1. The number of amides is 2. The van der Waals surface area contributed by atoms with E-state index in [1.54, 1.807) is 23.9 Å². The Kier molecular flexibility index (Phi) is 5.59. The number of imidazole rings is 1. The van der Waals surface area contributed by atoms with Crippen molar-refractivity contribution in [1.82, 2.24) is 14.9 Å². The molecule has 142 valence electrons. The summed E-state index contributed by atoms with van der Waals surface area (Å²) >= 11 is 0. The van der Waals surface area contributed by atoms with E-state index < -0.39 is 17.6 Å². The number of benzene rings is 2. The van der Waals surface area contributed by atoms with Crippen molar-refractivity contribution in [3.05, 3.63) is 83.7 Å². The highest BCUT2D eigenvalue weighted by atomic mass is 19.1. The van der Waals surface area contributed by atoms with Crippen LogP contribution in [0.3, 0.4) is 0 Å². The molecule has 7 nitrogen and oxygen atoms in total. The molecule has 28 heavy (non-hydrogen) atoms. The first kappa shape index (κ1) is 19.0. The second-order valence-electron chi connectivity index (χ2n) is 6.03. The SMILES string of the molecule is Cn1ccnc1C(=O)c1ccc(NC(=O)C(=O)NCc2cccc(F)c2)cc1. The maximum Gasteiger partial charge on any atom is 0.313 e. The summed E-state index contributed by atoms with van der Waals surface area (Å²) in [5, 5.41) is 4.86. The molecule has 0 aliphatic heterocycles. The summed E-state index contributed by atoms with van der Waals surface area (Å²) in [6.45, 7) is 0.0289. The fraction of sp³-hybridized carbons (Fsp3) is 0.100. The van der Waals surface area contributed by atoms with Crippen LogP contribution in [0.2, 0.25) is 0 Å². The molecule has 2 aromatic carbocycles. The molecule has 0 saturated carbocycles. The van der Waals surface area contributed by atoms with Crippen LogP contribution in [0.15, 0.2) is 60.9 Å². The average molecular weight is 380 g/mol. The van der Waals surface area contributed by atoms with Gasteiger partial charge in [-0.05, 0) is 42.0 Å². The minimum Gasteiger partial charge on any atom is -0.344 e. The number of anilines is 1. The van der Waals surface area contributed by atoms with Gasteiger partial charge in [0.2, 0.25) is 5.78 Å². The molecule has 2 N–H and O–H groups in total. The Morgan fingerprint density at radius 3 is 2.46 bits per heavy atom. The van der Waals surface area contributed by atoms with Crippen LogP contribution in [-0.4, -0.2) is 27.1 Å². The van der Waals surface area contributed by atoms with Gasteiger partial charge in [-0.25, -0.2) is 9.37 Å². The van der Waals surface area contributed by atoms with E-state index in [0.717, 1.165) is 0 Å². The highest BCUT2D eigenvalue weighted by molar-refractivity contribution is 6.39. The number of rotatable bonds is 5. The Balaban J connectivity index is 1.57. The second kappa shape index (κ2) is 8.26. The number of carbonyl (C=O) groups excluding carboxylic acids is 3. The van der Waals surface area contributed by atoms with E-state index in [1.807, 2.05) is 0 Å². The van der Waals surface area contributed by atoms with Crippen molar-refractivity contribution in [1.29, 1.82) is 0 Å². The Morgan fingerprint density at radius 2 is 1.82 bits per heavy atom. The Hall–Kier alpha value is -3.81. The third-order valence-electron chi connectivity index (χ3n) is 3.98. The molecular formula is C20H17FN4O3. The largest absolute Gasteiger partial charge is 0.344 e. The van der Waals surface area contributed by atoms with Gasteiger partial charge >= 0.3 is 11.8 Å². The molecular weight excluding hydrogens is 363 g/mol. The summed E-state index contributed by atoms with van der Waals surface area (Å²) in [5.41, 5.74) is 1.31. The van der Waals surface area contributed by atoms with E-state index in [0.29, 0.717) is 22.6 Å². The van der Waals surface area contributed by atoms with Crippen LogP contribution in [0.25, 0.3) is 0 Å². The summed E-state index contributed by atoms with van der Waals surface area (Å²) in [6.07, 6.45) is 3.20. The first-order chi connectivity index (χ1) is 13.4. The summed E-state index contributed by atoms with van der Waals surface area (Å²) in [5.74, 6) is -2.08. The molecule has 3 aromatic rings. The van der Waals surface area contributed by atoms with Gasteiger partial charge in [0.25, 0.3) is 0 Å². The maximum atomic E-state index is 13.1. The van der Waals surface area contributed by atoms with E-state index in [2.05, 4.69) is 15.6 Å². The van der Waals surface area contributed by atoms with E-state index in [9.17, 15) is 18.8 Å². The first-order valence-corrected chi connectivity index (χ1v) is 8.40. The zero-order valence-corrected chi connectivity index (χ0v) is 15.0. The first-order valence-electron chi connectivity index (χ1n) is 8.40. The molecule has 8 heteroatoms. The molecule has 0 unspecified atom stereocenters. The molecule has 0 spiro atoms. The molecule has 0 radical (unpaired) electrons. The van der Waals surface area contributed by atoms with Crippen molar-refractivity contribution >= 4 is 23.3 Å². The van der Waals surface area contributed by atoms with Crippen LogP contribution in [0, 0.1) is 5.82 Å². The van der Waals surface area contributed by atoms with Gasteiger partial charge < -0.3 is 15.2 Å². The van der Waals surface area contributed by atoms with Gasteiger partial charge in [0.15, 0.2) is 5.82 Å². The molecule has 1 heterocycles. The minimum atomic E-state index is -0.861. The number of hydrogen-bond acceptors (Lipinski definition) is 4. The number of nitrogens with one attached hydrogen (secondary N) is 2. The lowest BCUT2D eigenvalue weighted by Gasteiger charge is -2.08. The van der Waals surface area contributed by atoms with Gasteiger partial charge in [0.1, 0.15) is 5.82 Å². The van der Waals surface area contributed by atoms with Crippen molar-refractivity contribution in [2.45, 2.75) is 6.54 Å². The fourth-order valence-electron chi connectivity index (χ4n) is 2.52. The molecule has 2 amide bonds. The standard InChI is InChI=1S/C20H17FN4O3/c1-25-10-9-22-18(25)17(26)14-5-7-16(8-6-14)24-20(28)19(27)23-12-13-3-2-4-15(21)11-13/h2-11H,12H2,1H3,(H,23,27)(H,24,28). The molecule has 1 aromatic heterocycles. The van der Waals surface area contributed by atoms with Crippen molar-refractivity contribution in [3.63, 3.8) is 0 Å². The summed E-state index contributed by atoms with van der Waals surface area (Å²) < 4.78 is 14.7. The van der Waals surface area contributed by atoms with Crippen molar-refractivity contribution in [3.8, 4) is 0 Å². The van der Waals surface area contributed by atoms with E-state index in [4.69, 9.17) is 0 Å². The molecule has 3 rings (SSSR count). The van der Waals surface area contributed by atoms with Crippen molar-refractivity contribution in [2.24, 2.45) is 7.05 Å². The Labute approximate surface area is 160 Å². The normalized spacial score (nSPS) is 10.4. The smallest absolute Gasteiger partial charge is 0.313 e. The lowest BCUT2D eigenvalue weighted by molar-refractivity contribution is -0.136. The number of hydrogen-bond donors (Lipinski definition) is 2. The van der Waals surface area contributed by atoms with Crippen LogP contribution in [0.4, 0.5) is 10.1 Å². The molecule has 0 aliphatic rings. The fourth-order valence-corrected chi connectivity index (χ4v) is 2.52. The number of carbonyl (C=O) groups is 3. The van der Waals surface area contributed by atoms with Gasteiger partial charge in [0, 0.05) is 37.2 Å². The van der Waals surface area contributed by atoms with E-state index in [-0.39, 0.29) is 12.3 Å². The lowest BCUT2D eigenvalue weighted by atomic mass is 10.1.